The summed E-state index contributed by atoms with van der Waals surface area (Å²) in [4.78, 5) is 27.3. The number of urea groups is 1. The minimum atomic E-state index is -0.936. The summed E-state index contributed by atoms with van der Waals surface area (Å²) in [6.07, 6.45) is 1.57. The second kappa shape index (κ2) is 6.43. The summed E-state index contributed by atoms with van der Waals surface area (Å²) in [5.74, 6) is -0.936. The molecule has 0 aliphatic rings. The van der Waals surface area contributed by atoms with Crippen LogP contribution in [-0.2, 0) is 10.3 Å². The Morgan fingerprint density at radius 2 is 1.95 bits per heavy atom. The summed E-state index contributed by atoms with van der Waals surface area (Å²) in [5, 5.41) is 17.2. The molecule has 0 aliphatic heterocycles. The average molecular weight is 313 g/mol. The molecule has 0 saturated carbocycles. The summed E-state index contributed by atoms with van der Waals surface area (Å²) in [6, 6.07) is -0.849. The molecule has 6 nitrogen and oxygen atoms in total. The van der Waals surface area contributed by atoms with Gasteiger partial charge in [0.15, 0.2) is 0 Å². The number of carbonyl (C=O) groups excluding carboxylic acids is 1. The number of carbonyl (C=O) groups is 2. The van der Waals surface area contributed by atoms with Crippen LogP contribution in [0.5, 0.6) is 0 Å². The summed E-state index contributed by atoms with van der Waals surface area (Å²) >= 11 is 1.46. The Balaban J connectivity index is 2.72. The first-order chi connectivity index (χ1) is 9.52. The van der Waals surface area contributed by atoms with Crippen molar-refractivity contribution in [2.45, 2.75) is 52.6 Å². The smallest absolute Gasteiger partial charge is 0.315 e. The van der Waals surface area contributed by atoms with Gasteiger partial charge in [-0.3, -0.25) is 4.79 Å². The molecule has 2 amide bonds. The Labute approximate surface area is 129 Å². The van der Waals surface area contributed by atoms with Gasteiger partial charge in [-0.1, -0.05) is 20.8 Å². The fourth-order valence-corrected chi connectivity index (χ4v) is 2.53. The van der Waals surface area contributed by atoms with E-state index in [2.05, 4.69) is 15.6 Å². The van der Waals surface area contributed by atoms with Crippen LogP contribution in [0.4, 0.5) is 4.79 Å². The summed E-state index contributed by atoms with van der Waals surface area (Å²) in [7, 11) is 0. The van der Waals surface area contributed by atoms with Crippen LogP contribution in [-0.4, -0.2) is 28.1 Å². The Morgan fingerprint density at radius 3 is 2.38 bits per heavy atom. The van der Waals surface area contributed by atoms with Crippen LogP contribution in [0.1, 0.15) is 46.0 Å². The predicted octanol–water partition coefficient (Wildman–Crippen LogP) is 2.57. The number of hydrogen-bond acceptors (Lipinski definition) is 4. The van der Waals surface area contributed by atoms with E-state index in [9.17, 15) is 9.59 Å². The molecule has 3 N–H and O–H groups in total. The van der Waals surface area contributed by atoms with Gasteiger partial charge in [-0.15, -0.1) is 11.3 Å². The van der Waals surface area contributed by atoms with Gasteiger partial charge >= 0.3 is 12.0 Å². The molecule has 0 radical (unpaired) electrons. The van der Waals surface area contributed by atoms with E-state index in [1.54, 1.807) is 6.20 Å². The van der Waals surface area contributed by atoms with E-state index >= 15 is 0 Å². The van der Waals surface area contributed by atoms with Crippen molar-refractivity contribution in [1.29, 1.82) is 0 Å². The topological polar surface area (TPSA) is 91.3 Å². The summed E-state index contributed by atoms with van der Waals surface area (Å²) < 4.78 is 0. The molecule has 0 saturated heterocycles. The number of nitrogens with zero attached hydrogens (tertiary/aromatic N) is 1. The van der Waals surface area contributed by atoms with Gasteiger partial charge in [-0.05, 0) is 19.3 Å². The van der Waals surface area contributed by atoms with E-state index in [-0.39, 0.29) is 11.8 Å². The lowest BCUT2D eigenvalue weighted by atomic mass is 9.85. The van der Waals surface area contributed by atoms with Gasteiger partial charge in [-0.2, -0.15) is 0 Å². The molecule has 21 heavy (non-hydrogen) atoms. The van der Waals surface area contributed by atoms with E-state index in [0.29, 0.717) is 0 Å². The molecule has 1 heterocycles. The van der Waals surface area contributed by atoms with Crippen molar-refractivity contribution < 1.29 is 14.7 Å². The number of rotatable bonds is 5. The van der Waals surface area contributed by atoms with Crippen LogP contribution >= 0.6 is 11.3 Å². The molecule has 118 valence electrons. The maximum absolute atomic E-state index is 12.2. The van der Waals surface area contributed by atoms with Crippen LogP contribution in [0.2, 0.25) is 0 Å². The van der Waals surface area contributed by atoms with Gasteiger partial charge in [0.2, 0.25) is 0 Å². The number of amides is 2. The first kappa shape index (κ1) is 17.4. The van der Waals surface area contributed by atoms with Crippen molar-refractivity contribution >= 4 is 23.3 Å². The average Bonchev–Trinajstić information content (AvgIpc) is 2.78. The molecule has 1 rings (SSSR count). The molecule has 1 aromatic heterocycles. The molecular formula is C14H23N3O3S. The van der Waals surface area contributed by atoms with Crippen LogP contribution in [0, 0.1) is 5.41 Å². The van der Waals surface area contributed by atoms with Crippen LogP contribution in [0.25, 0.3) is 0 Å². The zero-order valence-corrected chi connectivity index (χ0v) is 13.9. The Hall–Kier alpha value is -1.63. The van der Waals surface area contributed by atoms with Crippen molar-refractivity contribution in [3.05, 3.63) is 16.6 Å². The summed E-state index contributed by atoms with van der Waals surface area (Å²) in [6.45, 7) is 9.40. The standard InChI is InChI=1S/C14H23N3O3S/c1-13(2,3)9(8-10(18)19)16-12(20)17-14(4,5)11-15-6-7-21-11/h6-7,9H,8H2,1-5H3,(H,18,19)(H2,16,17,20). The van der Waals surface area contributed by atoms with E-state index in [1.807, 2.05) is 40.0 Å². The van der Waals surface area contributed by atoms with E-state index in [0.717, 1.165) is 5.01 Å². The minimum absolute atomic E-state index is 0.116. The molecule has 0 aliphatic carbocycles. The number of nitrogens with one attached hydrogen (secondary N) is 2. The van der Waals surface area contributed by atoms with Crippen molar-refractivity contribution in [2.24, 2.45) is 5.41 Å². The first-order valence-electron chi connectivity index (χ1n) is 6.73. The van der Waals surface area contributed by atoms with Gasteiger partial charge in [0.05, 0.1) is 12.0 Å². The van der Waals surface area contributed by atoms with Gasteiger partial charge in [0.25, 0.3) is 0 Å². The molecule has 0 aromatic carbocycles. The number of carboxylic acid groups (broad SMARTS) is 1. The number of hydrogen-bond donors (Lipinski definition) is 3. The van der Waals surface area contributed by atoms with Crippen LogP contribution in [0.3, 0.4) is 0 Å². The largest absolute Gasteiger partial charge is 0.481 e. The monoisotopic (exact) mass is 313 g/mol. The molecule has 0 bridgehead atoms. The highest BCUT2D eigenvalue weighted by Crippen LogP contribution is 2.24. The fourth-order valence-electron chi connectivity index (χ4n) is 1.81. The number of thiazole rings is 1. The predicted molar refractivity (Wildman–Crippen MR) is 82.3 cm³/mol. The first-order valence-corrected chi connectivity index (χ1v) is 7.61. The second-order valence-electron chi connectivity index (χ2n) is 6.58. The molecule has 0 fully saturated rings. The van der Waals surface area contributed by atoms with Gasteiger partial charge in [0.1, 0.15) is 5.01 Å². The SMILES string of the molecule is CC(C)(NC(=O)NC(CC(=O)O)C(C)(C)C)c1nccs1. The number of aromatic nitrogens is 1. The maximum Gasteiger partial charge on any atom is 0.315 e. The Bertz CT molecular complexity index is 492. The zero-order valence-electron chi connectivity index (χ0n) is 13.1. The quantitative estimate of drug-likeness (QED) is 0.779. The third-order valence-electron chi connectivity index (χ3n) is 3.12. The Morgan fingerprint density at radius 1 is 1.33 bits per heavy atom. The molecule has 1 atom stereocenters. The van der Waals surface area contributed by atoms with Crippen LogP contribution < -0.4 is 10.6 Å². The molecule has 1 aromatic rings. The maximum atomic E-state index is 12.2. The van der Waals surface area contributed by atoms with E-state index < -0.39 is 23.6 Å². The van der Waals surface area contributed by atoms with E-state index in [1.165, 1.54) is 11.3 Å². The van der Waals surface area contributed by atoms with E-state index in [4.69, 9.17) is 5.11 Å². The lowest BCUT2D eigenvalue weighted by molar-refractivity contribution is -0.138. The van der Waals surface area contributed by atoms with Crippen molar-refractivity contribution in [2.75, 3.05) is 0 Å². The van der Waals surface area contributed by atoms with Crippen LogP contribution in [0.15, 0.2) is 11.6 Å². The lowest BCUT2D eigenvalue weighted by Crippen LogP contribution is -2.53. The second-order valence-corrected chi connectivity index (χ2v) is 7.47. The van der Waals surface area contributed by atoms with Gasteiger partial charge < -0.3 is 15.7 Å². The van der Waals surface area contributed by atoms with Gasteiger partial charge in [0, 0.05) is 17.6 Å². The highest BCUT2D eigenvalue weighted by molar-refractivity contribution is 7.09. The Kier molecular flexibility index (Phi) is 5.33. The number of carboxylic acids is 1. The molecule has 7 heteroatoms. The van der Waals surface area contributed by atoms with Crippen molar-refractivity contribution in [1.82, 2.24) is 15.6 Å². The number of aliphatic carboxylic acids is 1. The molecular weight excluding hydrogens is 290 g/mol. The highest BCUT2D eigenvalue weighted by atomic mass is 32.1. The normalized spacial score (nSPS) is 13.6. The lowest BCUT2D eigenvalue weighted by Gasteiger charge is -2.32. The minimum Gasteiger partial charge on any atom is -0.481 e. The van der Waals surface area contributed by atoms with Gasteiger partial charge in [-0.25, -0.2) is 9.78 Å². The van der Waals surface area contributed by atoms with Crippen molar-refractivity contribution in [3.63, 3.8) is 0 Å². The summed E-state index contributed by atoms with van der Waals surface area (Å²) in [5.41, 5.74) is -0.953. The highest BCUT2D eigenvalue weighted by Gasteiger charge is 2.31. The third-order valence-corrected chi connectivity index (χ3v) is 4.22. The molecule has 0 spiro atoms. The third kappa shape index (κ3) is 5.34. The fraction of sp³-hybridized carbons (Fsp3) is 0.643. The van der Waals surface area contributed by atoms with Crippen molar-refractivity contribution in [3.8, 4) is 0 Å². The molecule has 1 unspecified atom stereocenters. The zero-order chi connectivity index (χ0) is 16.3.